The number of halogens is 2. The normalized spacial score (nSPS) is 10.4. The Labute approximate surface area is 132 Å². The van der Waals surface area contributed by atoms with Crippen LogP contribution in [0.4, 0.5) is 18.6 Å². The molecule has 0 unspecified atom stereocenters. The summed E-state index contributed by atoms with van der Waals surface area (Å²) in [6.45, 7) is 1.00. The van der Waals surface area contributed by atoms with Gasteiger partial charge in [-0.3, -0.25) is 10.1 Å². The minimum atomic E-state index is -1.42. The zero-order valence-electron chi connectivity index (χ0n) is 11.7. The van der Waals surface area contributed by atoms with E-state index in [2.05, 4.69) is 4.37 Å². The molecule has 4 N–H and O–H groups in total. The fourth-order valence-corrected chi connectivity index (χ4v) is 2.51. The number of nitrogens with two attached hydrogens (primary N) is 1. The Balaban J connectivity index is 2.26. The number of primary amides is 1. The summed E-state index contributed by atoms with van der Waals surface area (Å²) >= 11 is 0.624. The Bertz CT molecular complexity index is 756. The molecule has 0 bridgehead atoms. The minimum absolute atomic E-state index is 0.134. The molecule has 23 heavy (non-hydrogen) atoms. The zero-order chi connectivity index (χ0) is 17.1. The summed E-state index contributed by atoms with van der Waals surface area (Å²) < 4.78 is 36.3. The van der Waals surface area contributed by atoms with Crippen molar-refractivity contribution in [2.24, 2.45) is 5.73 Å². The fraction of sp³-hybridized carbons (Fsp3) is 0.154. The van der Waals surface area contributed by atoms with Crippen LogP contribution in [-0.4, -0.2) is 21.5 Å². The van der Waals surface area contributed by atoms with Crippen LogP contribution in [0.3, 0.4) is 0 Å². The van der Waals surface area contributed by atoms with Crippen molar-refractivity contribution in [2.75, 3.05) is 5.32 Å². The van der Waals surface area contributed by atoms with Gasteiger partial charge in [-0.2, -0.15) is 4.37 Å². The average molecular weight is 343 g/mol. The lowest BCUT2D eigenvalue weighted by molar-refractivity contribution is 0.0996. The van der Waals surface area contributed by atoms with E-state index in [1.54, 1.807) is 0 Å². The van der Waals surface area contributed by atoms with Gasteiger partial charge in [0.1, 0.15) is 28.8 Å². The second-order valence-corrected chi connectivity index (χ2v) is 5.26. The first-order chi connectivity index (χ1) is 10.8. The number of aromatic nitrogens is 1. The maximum absolute atomic E-state index is 13.7. The smallest absolute Gasteiger partial charge is 0.409 e. The van der Waals surface area contributed by atoms with E-state index >= 15 is 0 Å². The largest absolute Gasteiger partial charge is 0.471 e. The third kappa shape index (κ3) is 3.72. The van der Waals surface area contributed by atoms with Crippen LogP contribution in [0.25, 0.3) is 0 Å². The highest BCUT2D eigenvalue weighted by Crippen LogP contribution is 2.31. The van der Waals surface area contributed by atoms with Crippen molar-refractivity contribution in [3.05, 3.63) is 40.5 Å². The number of hydrogen-bond acceptors (Lipinski definition) is 5. The van der Waals surface area contributed by atoms with Crippen LogP contribution in [0, 0.1) is 18.6 Å². The van der Waals surface area contributed by atoms with Gasteiger partial charge in [0, 0.05) is 0 Å². The number of anilines is 1. The van der Waals surface area contributed by atoms with E-state index in [9.17, 15) is 18.4 Å². The van der Waals surface area contributed by atoms with E-state index < -0.39 is 30.2 Å². The van der Waals surface area contributed by atoms with E-state index in [-0.39, 0.29) is 22.0 Å². The Morgan fingerprint density at radius 2 is 2.00 bits per heavy atom. The van der Waals surface area contributed by atoms with Gasteiger partial charge < -0.3 is 15.6 Å². The number of rotatable bonds is 5. The zero-order valence-corrected chi connectivity index (χ0v) is 12.5. The van der Waals surface area contributed by atoms with Crippen molar-refractivity contribution < 1.29 is 28.2 Å². The lowest BCUT2D eigenvalue weighted by atomic mass is 10.1. The number of benzene rings is 1. The van der Waals surface area contributed by atoms with Crippen molar-refractivity contribution >= 4 is 28.5 Å². The quantitative estimate of drug-likeness (QED) is 0.771. The molecule has 0 atom stereocenters. The molecule has 0 fully saturated rings. The third-order valence-electron chi connectivity index (χ3n) is 2.77. The number of hydrogen-bond donors (Lipinski definition) is 3. The number of nitrogens with zero attached hydrogens (tertiary/aromatic N) is 1. The van der Waals surface area contributed by atoms with E-state index in [1.165, 1.54) is 6.92 Å². The van der Waals surface area contributed by atoms with Gasteiger partial charge in [0.2, 0.25) is 5.88 Å². The van der Waals surface area contributed by atoms with E-state index in [1.807, 2.05) is 5.32 Å². The lowest BCUT2D eigenvalue weighted by Crippen LogP contribution is -2.16. The summed E-state index contributed by atoms with van der Waals surface area (Å²) in [5.74, 6) is -2.89. The standard InChI is InChI=1S/C13H11F2N3O4S/c1-5-2-7(14)6(8(15)3-5)4-22-11-9(10(16)19)12(23-18-11)17-13(20)21/h2-3,17H,4H2,1H3,(H2,16,19)(H,20,21). The van der Waals surface area contributed by atoms with Crippen LogP contribution in [0.5, 0.6) is 5.88 Å². The number of nitrogens with one attached hydrogen (secondary N) is 1. The maximum atomic E-state index is 13.7. The van der Waals surface area contributed by atoms with Gasteiger partial charge in [0.25, 0.3) is 5.91 Å². The van der Waals surface area contributed by atoms with E-state index in [0.717, 1.165) is 12.1 Å². The van der Waals surface area contributed by atoms with Crippen molar-refractivity contribution in [1.82, 2.24) is 4.37 Å². The van der Waals surface area contributed by atoms with Crippen LogP contribution in [-0.2, 0) is 6.61 Å². The number of aryl methyl sites for hydroxylation is 1. The maximum Gasteiger partial charge on any atom is 0.409 e. The van der Waals surface area contributed by atoms with E-state index in [0.29, 0.717) is 17.1 Å². The molecule has 0 radical (unpaired) electrons. The Morgan fingerprint density at radius 3 is 2.52 bits per heavy atom. The highest BCUT2D eigenvalue weighted by atomic mass is 32.1. The molecule has 1 aromatic heterocycles. The number of carboxylic acid groups (broad SMARTS) is 1. The molecule has 2 amide bonds. The summed E-state index contributed by atoms with van der Waals surface area (Å²) in [4.78, 5) is 22.0. The summed E-state index contributed by atoms with van der Waals surface area (Å²) in [7, 11) is 0. The molecule has 2 rings (SSSR count). The van der Waals surface area contributed by atoms with Crippen molar-refractivity contribution in [3.8, 4) is 5.88 Å². The monoisotopic (exact) mass is 343 g/mol. The molecular formula is C13H11F2N3O4S. The number of carbonyl (C=O) groups is 2. The molecule has 122 valence electrons. The number of ether oxygens (including phenoxy) is 1. The molecule has 0 saturated heterocycles. The van der Waals surface area contributed by atoms with Gasteiger partial charge >= 0.3 is 6.09 Å². The molecule has 1 aromatic carbocycles. The van der Waals surface area contributed by atoms with Crippen LogP contribution in [0.1, 0.15) is 21.5 Å². The predicted octanol–water partition coefficient (Wildman–Crippen LogP) is 2.50. The first kappa shape index (κ1) is 16.6. The first-order valence-corrected chi connectivity index (χ1v) is 6.93. The lowest BCUT2D eigenvalue weighted by Gasteiger charge is -2.08. The molecule has 10 heteroatoms. The topological polar surface area (TPSA) is 115 Å². The van der Waals surface area contributed by atoms with Gasteiger partial charge in [-0.05, 0) is 36.2 Å². The third-order valence-corrected chi connectivity index (χ3v) is 3.51. The molecule has 0 aliphatic heterocycles. The summed E-state index contributed by atoms with van der Waals surface area (Å²) in [6.07, 6.45) is -1.42. The van der Waals surface area contributed by atoms with Crippen LogP contribution >= 0.6 is 11.5 Å². The predicted molar refractivity (Wildman–Crippen MR) is 77.7 cm³/mol. The molecule has 1 heterocycles. The molecule has 2 aromatic rings. The van der Waals surface area contributed by atoms with Gasteiger partial charge in [-0.25, -0.2) is 13.6 Å². The molecule has 0 saturated carbocycles. The average Bonchev–Trinajstić information content (AvgIpc) is 2.79. The van der Waals surface area contributed by atoms with Crippen molar-refractivity contribution in [2.45, 2.75) is 13.5 Å². The fourth-order valence-electron chi connectivity index (χ4n) is 1.78. The Hall–Kier alpha value is -2.75. The second-order valence-electron chi connectivity index (χ2n) is 4.48. The van der Waals surface area contributed by atoms with Crippen LogP contribution < -0.4 is 15.8 Å². The Kier molecular flexibility index (Phi) is 4.74. The summed E-state index contributed by atoms with van der Waals surface area (Å²) in [6, 6.07) is 2.27. The van der Waals surface area contributed by atoms with Gasteiger partial charge in [-0.15, -0.1) is 0 Å². The number of amides is 2. The molecule has 0 aliphatic rings. The molecule has 7 nitrogen and oxygen atoms in total. The van der Waals surface area contributed by atoms with Gasteiger partial charge in [0.05, 0.1) is 5.56 Å². The van der Waals surface area contributed by atoms with Gasteiger partial charge in [-0.1, -0.05) is 0 Å². The van der Waals surface area contributed by atoms with Gasteiger partial charge in [0.15, 0.2) is 0 Å². The highest BCUT2D eigenvalue weighted by Gasteiger charge is 2.22. The SMILES string of the molecule is Cc1cc(F)c(COc2nsc(NC(=O)O)c2C(N)=O)c(F)c1. The molecule has 0 spiro atoms. The summed E-state index contributed by atoms with van der Waals surface area (Å²) in [5, 5.41) is 10.5. The second kappa shape index (κ2) is 6.57. The number of carbonyl (C=O) groups excluding carboxylic acids is 1. The van der Waals surface area contributed by atoms with Crippen LogP contribution in [0.2, 0.25) is 0 Å². The Morgan fingerprint density at radius 1 is 1.39 bits per heavy atom. The van der Waals surface area contributed by atoms with Crippen molar-refractivity contribution in [3.63, 3.8) is 0 Å². The van der Waals surface area contributed by atoms with Crippen LogP contribution in [0.15, 0.2) is 12.1 Å². The van der Waals surface area contributed by atoms with Crippen molar-refractivity contribution in [1.29, 1.82) is 0 Å². The summed E-state index contributed by atoms with van der Waals surface area (Å²) in [5.41, 5.74) is 4.91. The molecule has 0 aliphatic carbocycles. The minimum Gasteiger partial charge on any atom is -0.471 e. The molecular weight excluding hydrogens is 332 g/mol. The highest BCUT2D eigenvalue weighted by molar-refractivity contribution is 7.11. The van der Waals surface area contributed by atoms with E-state index in [4.69, 9.17) is 15.6 Å². The first-order valence-electron chi connectivity index (χ1n) is 6.16.